The van der Waals surface area contributed by atoms with Gasteiger partial charge < -0.3 is 14.6 Å². The van der Waals surface area contributed by atoms with Crippen LogP contribution in [-0.2, 0) is 17.8 Å². The molecule has 0 aliphatic carbocycles. The highest BCUT2D eigenvalue weighted by Gasteiger charge is 2.13. The predicted molar refractivity (Wildman–Crippen MR) is 122 cm³/mol. The highest BCUT2D eigenvalue weighted by atomic mass is 16.5. The van der Waals surface area contributed by atoms with Gasteiger partial charge >= 0.3 is 0 Å². The van der Waals surface area contributed by atoms with Gasteiger partial charge in [-0.1, -0.05) is 12.1 Å². The number of pyridine rings is 2. The van der Waals surface area contributed by atoms with Crippen LogP contribution in [-0.4, -0.2) is 34.1 Å². The number of nitrogens with zero attached hydrogens (tertiary/aromatic N) is 3. The van der Waals surface area contributed by atoms with Crippen LogP contribution >= 0.6 is 0 Å². The maximum Gasteiger partial charge on any atom is 0.224 e. The van der Waals surface area contributed by atoms with E-state index in [4.69, 9.17) is 4.74 Å². The zero-order valence-corrected chi connectivity index (χ0v) is 17.8. The number of amides is 1. The molecule has 4 aromatic rings. The van der Waals surface area contributed by atoms with E-state index in [1.54, 1.807) is 7.11 Å². The summed E-state index contributed by atoms with van der Waals surface area (Å²) in [4.78, 5) is 21.3. The van der Waals surface area contributed by atoms with E-state index in [2.05, 4.69) is 38.1 Å². The second kappa shape index (κ2) is 9.43. The number of rotatable bonds is 8. The number of benzene rings is 1. The van der Waals surface area contributed by atoms with Gasteiger partial charge in [-0.3, -0.25) is 9.78 Å². The maximum atomic E-state index is 12.3. The normalized spacial score (nSPS) is 10.9. The zero-order chi connectivity index (χ0) is 21.6. The molecule has 1 N–H and O–H groups in total. The molecule has 158 valence electrons. The van der Waals surface area contributed by atoms with Crippen molar-refractivity contribution in [2.75, 3.05) is 13.7 Å². The summed E-state index contributed by atoms with van der Waals surface area (Å²) in [6, 6.07) is 17.8. The van der Waals surface area contributed by atoms with Gasteiger partial charge in [0.2, 0.25) is 5.91 Å². The monoisotopic (exact) mass is 414 g/mol. The van der Waals surface area contributed by atoms with E-state index in [0.717, 1.165) is 52.3 Å². The fourth-order valence-electron chi connectivity index (χ4n) is 3.75. The quantitative estimate of drug-likeness (QED) is 0.440. The molecule has 0 spiro atoms. The van der Waals surface area contributed by atoms with E-state index in [0.29, 0.717) is 13.0 Å². The van der Waals surface area contributed by atoms with Crippen molar-refractivity contribution in [3.8, 4) is 17.0 Å². The molecule has 0 fully saturated rings. The summed E-state index contributed by atoms with van der Waals surface area (Å²) in [5, 5.41) is 4.13. The average molecular weight is 415 g/mol. The molecule has 1 amide bonds. The molecule has 3 aromatic heterocycles. The van der Waals surface area contributed by atoms with Gasteiger partial charge in [-0.15, -0.1) is 0 Å². The Kier molecular flexibility index (Phi) is 6.26. The number of aryl methyl sites for hydroxylation is 2. The maximum absolute atomic E-state index is 12.3. The molecular formula is C25H26N4O2. The molecule has 0 unspecified atom stereocenters. The predicted octanol–water partition coefficient (Wildman–Crippen LogP) is 4.16. The van der Waals surface area contributed by atoms with Crippen LogP contribution < -0.4 is 10.1 Å². The van der Waals surface area contributed by atoms with Crippen molar-refractivity contribution in [2.24, 2.45) is 0 Å². The fraction of sp³-hybridized carbons (Fsp3) is 0.240. The summed E-state index contributed by atoms with van der Waals surface area (Å²) in [5.41, 5.74) is 5.10. The summed E-state index contributed by atoms with van der Waals surface area (Å²) in [6.07, 6.45) is 4.79. The standard InChI is InChI=1S/C25H26N4O2/c1-18-22(7-4-12-26-18)23-17-20-6-3-13-28-25(20)29(23)15-5-14-27-24(30)16-19-8-10-21(31-2)11-9-19/h3-4,6-13,17H,5,14-16H2,1-2H3,(H,27,30). The molecule has 0 saturated carbocycles. The minimum Gasteiger partial charge on any atom is -0.497 e. The summed E-state index contributed by atoms with van der Waals surface area (Å²) in [6.45, 7) is 3.38. The number of fused-ring (bicyclic) bond motifs is 1. The topological polar surface area (TPSA) is 69.0 Å². The first-order chi connectivity index (χ1) is 15.2. The molecule has 4 rings (SSSR count). The average Bonchev–Trinajstić information content (AvgIpc) is 3.16. The lowest BCUT2D eigenvalue weighted by atomic mass is 10.1. The van der Waals surface area contributed by atoms with Crippen molar-refractivity contribution in [3.63, 3.8) is 0 Å². The molecule has 6 nitrogen and oxygen atoms in total. The number of aromatic nitrogens is 3. The molecule has 6 heteroatoms. The van der Waals surface area contributed by atoms with Crippen molar-refractivity contribution < 1.29 is 9.53 Å². The van der Waals surface area contributed by atoms with Crippen molar-refractivity contribution >= 4 is 16.9 Å². The van der Waals surface area contributed by atoms with E-state index in [9.17, 15) is 4.79 Å². The number of methoxy groups -OCH3 is 1. The molecule has 0 aliphatic heterocycles. The van der Waals surface area contributed by atoms with Crippen LogP contribution in [0.15, 0.2) is 67.0 Å². The zero-order valence-electron chi connectivity index (χ0n) is 17.8. The van der Waals surface area contributed by atoms with Crippen LogP contribution in [0.25, 0.3) is 22.3 Å². The van der Waals surface area contributed by atoms with Gasteiger partial charge in [-0.05, 0) is 61.4 Å². The molecule has 0 saturated heterocycles. The van der Waals surface area contributed by atoms with Crippen molar-refractivity contribution in [1.29, 1.82) is 0 Å². The molecule has 0 aliphatic rings. The minimum atomic E-state index is 0.0176. The Morgan fingerprint density at radius 2 is 1.84 bits per heavy atom. The molecule has 3 heterocycles. The third-order valence-corrected chi connectivity index (χ3v) is 5.34. The summed E-state index contributed by atoms with van der Waals surface area (Å²) in [5.74, 6) is 0.806. The van der Waals surface area contributed by atoms with Gasteiger partial charge in [0.15, 0.2) is 0 Å². The molecule has 0 bridgehead atoms. The van der Waals surface area contributed by atoms with Gasteiger partial charge in [0.1, 0.15) is 11.4 Å². The van der Waals surface area contributed by atoms with E-state index in [-0.39, 0.29) is 5.91 Å². The van der Waals surface area contributed by atoms with Gasteiger partial charge in [-0.25, -0.2) is 4.98 Å². The van der Waals surface area contributed by atoms with E-state index in [1.165, 1.54) is 0 Å². The van der Waals surface area contributed by atoms with Crippen molar-refractivity contribution in [2.45, 2.75) is 26.3 Å². The fourth-order valence-corrected chi connectivity index (χ4v) is 3.75. The van der Waals surface area contributed by atoms with Crippen LogP contribution in [0.1, 0.15) is 17.7 Å². The van der Waals surface area contributed by atoms with E-state index >= 15 is 0 Å². The third-order valence-electron chi connectivity index (χ3n) is 5.34. The second-order valence-electron chi connectivity index (χ2n) is 7.46. The molecule has 1 aromatic carbocycles. The second-order valence-corrected chi connectivity index (χ2v) is 7.46. The molecule has 31 heavy (non-hydrogen) atoms. The number of nitrogens with one attached hydrogen (secondary N) is 1. The van der Waals surface area contributed by atoms with Crippen molar-refractivity contribution in [3.05, 3.63) is 78.2 Å². The highest BCUT2D eigenvalue weighted by Crippen LogP contribution is 2.28. The Balaban J connectivity index is 1.41. The Labute approximate surface area is 181 Å². The van der Waals surface area contributed by atoms with E-state index < -0.39 is 0 Å². The van der Waals surface area contributed by atoms with E-state index in [1.807, 2.05) is 55.7 Å². The first kappa shape index (κ1) is 20.6. The summed E-state index contributed by atoms with van der Waals surface area (Å²) >= 11 is 0. The van der Waals surface area contributed by atoms with Gasteiger partial charge in [0, 0.05) is 42.1 Å². The summed E-state index contributed by atoms with van der Waals surface area (Å²) < 4.78 is 7.37. The lowest BCUT2D eigenvalue weighted by Gasteiger charge is -2.12. The van der Waals surface area contributed by atoms with Crippen LogP contribution in [0.4, 0.5) is 0 Å². The smallest absolute Gasteiger partial charge is 0.224 e. The van der Waals surface area contributed by atoms with Gasteiger partial charge in [0.05, 0.1) is 19.2 Å². The van der Waals surface area contributed by atoms with Crippen LogP contribution in [0.5, 0.6) is 5.75 Å². The largest absolute Gasteiger partial charge is 0.497 e. The Morgan fingerprint density at radius 3 is 2.61 bits per heavy atom. The SMILES string of the molecule is COc1ccc(CC(=O)NCCCn2c(-c3cccnc3C)cc3cccnc32)cc1. The van der Waals surface area contributed by atoms with Gasteiger partial charge in [0.25, 0.3) is 0 Å². The first-order valence-electron chi connectivity index (χ1n) is 10.4. The Hall–Kier alpha value is -3.67. The Bertz CT molecular complexity index is 1180. The highest BCUT2D eigenvalue weighted by molar-refractivity contribution is 5.84. The first-order valence-corrected chi connectivity index (χ1v) is 10.4. The lowest BCUT2D eigenvalue weighted by Crippen LogP contribution is -2.26. The molecule has 0 radical (unpaired) electrons. The van der Waals surface area contributed by atoms with Crippen LogP contribution in [0.3, 0.4) is 0 Å². The number of carbonyl (C=O) groups excluding carboxylic acids is 1. The molecular weight excluding hydrogens is 388 g/mol. The van der Waals surface area contributed by atoms with Crippen molar-refractivity contribution in [1.82, 2.24) is 19.9 Å². The summed E-state index contributed by atoms with van der Waals surface area (Å²) in [7, 11) is 1.63. The van der Waals surface area contributed by atoms with Crippen LogP contribution in [0, 0.1) is 6.92 Å². The number of hydrogen-bond donors (Lipinski definition) is 1. The number of hydrogen-bond acceptors (Lipinski definition) is 4. The number of carbonyl (C=O) groups is 1. The lowest BCUT2D eigenvalue weighted by molar-refractivity contribution is -0.120. The van der Waals surface area contributed by atoms with Crippen LogP contribution in [0.2, 0.25) is 0 Å². The number of ether oxygens (including phenoxy) is 1. The third kappa shape index (κ3) is 4.74. The van der Waals surface area contributed by atoms with Gasteiger partial charge in [-0.2, -0.15) is 0 Å². The Morgan fingerprint density at radius 1 is 1.06 bits per heavy atom. The minimum absolute atomic E-state index is 0.0176. The molecule has 0 atom stereocenters.